The fraction of sp³-hybridized carbons (Fsp3) is 0.308. The highest BCUT2D eigenvalue weighted by atomic mass is 32.1. The number of benzene rings is 12. The van der Waals surface area contributed by atoms with Gasteiger partial charge >= 0.3 is 0 Å². The van der Waals surface area contributed by atoms with Crippen molar-refractivity contribution in [2.24, 2.45) is 0 Å². The molecule has 0 fully saturated rings. The Labute approximate surface area is 656 Å². The third-order valence-electron chi connectivity index (χ3n) is 21.1. The summed E-state index contributed by atoms with van der Waals surface area (Å²) in [6.07, 6.45) is 0. The van der Waals surface area contributed by atoms with Crippen LogP contribution in [0.15, 0.2) is 256 Å². The van der Waals surface area contributed by atoms with E-state index < -0.39 is 0 Å². The van der Waals surface area contributed by atoms with Crippen LogP contribution in [0, 0.1) is 0 Å². The number of hydrogen-bond acceptors (Lipinski definition) is 5. The number of rotatable bonds is 2. The standard InChI is InChI=1S/2C22H20O.C20H24O.2C20H24S/c1-22(2,3)20-16(15-9-5-4-6-10-15)13-14-18-17-11-7-8-12-19(17)23-21(18)20;1-22(2,3)21-16(15-9-5-4-6-10-15)13-14-19-20(21)17-11-7-8-12-18(17)23-19;2*1-19(2,3)14-11-12-16-17(18(14)20(4,5)6)13-9-7-8-10-15(13)21-16;1-19(2,3)15-12-11-14-13-9-7-8-10-16(13)21-18(14)17(15)20(4,5)6/h2*4-14H,1-3H3;3*7-12H,1-6H3. The third kappa shape index (κ3) is 15.6. The van der Waals surface area contributed by atoms with Crippen molar-refractivity contribution in [3.63, 3.8) is 0 Å². The fourth-order valence-electron chi connectivity index (χ4n) is 16.4. The van der Waals surface area contributed by atoms with E-state index in [4.69, 9.17) is 13.3 Å². The summed E-state index contributed by atoms with van der Waals surface area (Å²) < 4.78 is 24.1. The molecule has 0 N–H and O–H groups in total. The molecule has 0 spiro atoms. The molecule has 0 unspecified atom stereocenters. The Morgan fingerprint density at radius 2 is 0.550 bits per heavy atom. The van der Waals surface area contributed by atoms with Crippen molar-refractivity contribution in [3.05, 3.63) is 287 Å². The van der Waals surface area contributed by atoms with Crippen LogP contribution in [0.1, 0.15) is 211 Å². The summed E-state index contributed by atoms with van der Waals surface area (Å²) in [5, 5.41) is 13.0. The summed E-state index contributed by atoms with van der Waals surface area (Å²) in [6.45, 7) is 55.2. The van der Waals surface area contributed by atoms with E-state index in [0.29, 0.717) is 0 Å². The van der Waals surface area contributed by atoms with E-state index >= 15 is 0 Å². The maximum absolute atomic E-state index is 6.27. The molecule has 17 aromatic rings. The zero-order valence-electron chi connectivity index (χ0n) is 69.1. The maximum atomic E-state index is 6.27. The average molecular weight is 1470 g/mol. The molecule has 0 amide bonds. The average Bonchev–Trinajstić information content (AvgIpc) is 1.68. The first-order valence-electron chi connectivity index (χ1n) is 39.1. The molecule has 0 radical (unpaired) electrons. The van der Waals surface area contributed by atoms with Gasteiger partial charge in [0.25, 0.3) is 0 Å². The number of para-hydroxylation sites is 3. The van der Waals surface area contributed by atoms with Crippen LogP contribution >= 0.6 is 22.7 Å². The topological polar surface area (TPSA) is 39.4 Å². The van der Waals surface area contributed by atoms with Crippen LogP contribution < -0.4 is 0 Å². The molecular weight excluding hydrogens is 1360 g/mol. The molecule has 0 aliphatic heterocycles. The largest absolute Gasteiger partial charge is 0.456 e. The Morgan fingerprint density at radius 3 is 1.04 bits per heavy atom. The molecule has 0 bridgehead atoms. The molecular formula is C104H112O3S2. The second kappa shape index (κ2) is 29.1. The Balaban J connectivity index is 0.000000120. The van der Waals surface area contributed by atoms with E-state index in [0.717, 1.165) is 33.5 Å². The smallest absolute Gasteiger partial charge is 0.139 e. The van der Waals surface area contributed by atoms with Crippen LogP contribution in [-0.4, -0.2) is 0 Å². The van der Waals surface area contributed by atoms with Crippen molar-refractivity contribution in [2.75, 3.05) is 0 Å². The summed E-state index contributed by atoms with van der Waals surface area (Å²) in [4.78, 5) is 0. The van der Waals surface area contributed by atoms with E-state index in [2.05, 4.69) is 378 Å². The Hall–Kier alpha value is -9.52. The van der Waals surface area contributed by atoms with E-state index in [1.165, 1.54) is 139 Å². The first-order chi connectivity index (χ1) is 51.2. The van der Waals surface area contributed by atoms with E-state index in [9.17, 15) is 0 Å². The first-order valence-corrected chi connectivity index (χ1v) is 40.7. The van der Waals surface area contributed by atoms with Crippen molar-refractivity contribution >= 4 is 129 Å². The van der Waals surface area contributed by atoms with Gasteiger partial charge in [0, 0.05) is 78.2 Å². The summed E-state index contributed by atoms with van der Waals surface area (Å²) >= 11 is 3.86. The fourth-order valence-corrected chi connectivity index (χ4v) is 19.0. The van der Waals surface area contributed by atoms with Crippen molar-refractivity contribution in [3.8, 4) is 22.3 Å². The number of hydrogen-bond donors (Lipinski definition) is 0. The van der Waals surface area contributed by atoms with Gasteiger partial charge in [-0.1, -0.05) is 354 Å². The second-order valence-corrected chi connectivity index (χ2v) is 40.2. The molecule has 0 saturated carbocycles. The Kier molecular flexibility index (Phi) is 20.7. The highest BCUT2D eigenvalue weighted by molar-refractivity contribution is 7.26. The van der Waals surface area contributed by atoms with Gasteiger partial charge in [-0.3, -0.25) is 0 Å². The maximum Gasteiger partial charge on any atom is 0.139 e. The van der Waals surface area contributed by atoms with Gasteiger partial charge in [-0.15, -0.1) is 22.7 Å². The van der Waals surface area contributed by atoms with Crippen LogP contribution in [0.3, 0.4) is 0 Å². The zero-order valence-corrected chi connectivity index (χ0v) is 70.8. The summed E-state index contributed by atoms with van der Waals surface area (Å²) in [6, 6.07) is 86.1. The van der Waals surface area contributed by atoms with Gasteiger partial charge in [0.15, 0.2) is 0 Å². The highest BCUT2D eigenvalue weighted by Gasteiger charge is 2.33. The quantitative estimate of drug-likeness (QED) is 0.173. The molecule has 0 atom stereocenters. The normalized spacial score (nSPS) is 12.8. The van der Waals surface area contributed by atoms with Gasteiger partial charge in [0.1, 0.15) is 33.5 Å². The lowest BCUT2D eigenvalue weighted by molar-refractivity contribution is 0.534. The minimum Gasteiger partial charge on any atom is -0.456 e. The van der Waals surface area contributed by atoms with Gasteiger partial charge in [0.2, 0.25) is 0 Å². The third-order valence-corrected chi connectivity index (χ3v) is 23.4. The minimum absolute atomic E-state index is 0.00143. The molecule has 109 heavy (non-hydrogen) atoms. The van der Waals surface area contributed by atoms with Gasteiger partial charge in [0.05, 0.1) is 0 Å². The van der Waals surface area contributed by atoms with Gasteiger partial charge in [-0.2, -0.15) is 0 Å². The molecule has 5 heteroatoms. The van der Waals surface area contributed by atoms with Crippen molar-refractivity contribution in [1.29, 1.82) is 0 Å². The Bertz CT molecular complexity index is 6000. The van der Waals surface area contributed by atoms with Crippen LogP contribution in [0.4, 0.5) is 0 Å². The Morgan fingerprint density at radius 1 is 0.202 bits per heavy atom. The summed E-state index contributed by atoms with van der Waals surface area (Å²) in [5.41, 5.74) is 23.2. The van der Waals surface area contributed by atoms with Crippen molar-refractivity contribution in [2.45, 2.75) is 209 Å². The van der Waals surface area contributed by atoms with Crippen LogP contribution in [0.2, 0.25) is 0 Å². The molecule has 5 heterocycles. The molecule has 3 nitrogen and oxygen atoms in total. The number of thiophene rings is 2. The zero-order chi connectivity index (χ0) is 78.3. The SMILES string of the molecule is CC(C)(C)c1c(-c2ccccc2)ccc2c1oc1ccccc12.CC(C)(C)c1c(-c2ccccc2)ccc2oc3ccccc3c12.CC(C)(C)c1ccc2c(sc3ccccc32)c1C(C)(C)C.CC(C)(C)c1ccc2oc3ccccc3c2c1C(C)(C)C.CC(C)(C)c1ccc2sc3ccccc3c2c1C(C)(C)C. The van der Waals surface area contributed by atoms with E-state index in [-0.39, 0.29) is 43.3 Å². The van der Waals surface area contributed by atoms with Crippen LogP contribution in [0.5, 0.6) is 0 Å². The van der Waals surface area contributed by atoms with Gasteiger partial charge in [-0.05, 0) is 159 Å². The molecule has 17 rings (SSSR count). The number of furan rings is 3. The molecule has 0 saturated heterocycles. The molecule has 0 aliphatic rings. The lowest BCUT2D eigenvalue weighted by Gasteiger charge is -2.31. The molecule has 5 aromatic heterocycles. The number of fused-ring (bicyclic) bond motifs is 15. The summed E-state index contributed by atoms with van der Waals surface area (Å²) in [7, 11) is 0. The lowest BCUT2D eigenvalue weighted by Crippen LogP contribution is -2.22. The van der Waals surface area contributed by atoms with Crippen molar-refractivity contribution in [1.82, 2.24) is 0 Å². The monoisotopic (exact) mass is 1470 g/mol. The van der Waals surface area contributed by atoms with Crippen LogP contribution in [0.25, 0.3) is 128 Å². The molecule has 12 aromatic carbocycles. The molecule has 558 valence electrons. The van der Waals surface area contributed by atoms with E-state index in [1.807, 2.05) is 53.0 Å². The predicted molar refractivity (Wildman–Crippen MR) is 480 cm³/mol. The van der Waals surface area contributed by atoms with Gasteiger partial charge < -0.3 is 13.3 Å². The second-order valence-electron chi connectivity index (χ2n) is 38.0. The van der Waals surface area contributed by atoms with E-state index in [1.54, 1.807) is 0 Å². The van der Waals surface area contributed by atoms with Crippen molar-refractivity contribution < 1.29 is 13.3 Å². The predicted octanol–water partition coefficient (Wildman–Crippen LogP) is 32.6. The first kappa shape index (κ1) is 77.6. The molecule has 0 aliphatic carbocycles. The van der Waals surface area contributed by atoms with Gasteiger partial charge in [-0.25, -0.2) is 0 Å². The van der Waals surface area contributed by atoms with Crippen LogP contribution in [-0.2, 0) is 43.3 Å². The summed E-state index contributed by atoms with van der Waals surface area (Å²) in [5.74, 6) is 0. The minimum atomic E-state index is -0.00143. The lowest BCUT2D eigenvalue weighted by atomic mass is 9.73. The highest BCUT2D eigenvalue weighted by Crippen LogP contribution is 2.50.